The lowest BCUT2D eigenvalue weighted by atomic mass is 10.0. The summed E-state index contributed by atoms with van der Waals surface area (Å²) >= 11 is 5.83. The van der Waals surface area contributed by atoms with Gasteiger partial charge in [0.25, 0.3) is 0 Å². The molecule has 5 nitrogen and oxygen atoms in total. The maximum absolute atomic E-state index is 10.6. The van der Waals surface area contributed by atoms with Crippen molar-refractivity contribution in [2.75, 3.05) is 0 Å². The van der Waals surface area contributed by atoms with E-state index in [1.807, 2.05) is 4.72 Å². The van der Waals surface area contributed by atoms with Crippen LogP contribution in [0.15, 0.2) is 24.3 Å². The normalized spacial score (nSPS) is 15.8. The Kier molecular flexibility index (Phi) is 4.28. The van der Waals surface area contributed by atoms with Gasteiger partial charge in [-0.05, 0) is 13.0 Å². The summed E-state index contributed by atoms with van der Waals surface area (Å²) in [6, 6.07) is 5.65. The lowest BCUT2D eigenvalue weighted by molar-refractivity contribution is 0.145. The first-order valence-corrected chi connectivity index (χ1v) is 6.30. The Labute approximate surface area is 98.9 Å². The van der Waals surface area contributed by atoms with E-state index in [1.54, 1.807) is 24.3 Å². The highest BCUT2D eigenvalue weighted by atomic mass is 35.5. The zero-order chi connectivity index (χ0) is 12.3. The molecule has 1 rings (SSSR count). The van der Waals surface area contributed by atoms with Crippen molar-refractivity contribution < 1.29 is 18.1 Å². The van der Waals surface area contributed by atoms with E-state index < -0.39 is 22.4 Å². The number of aliphatic hydroxyl groups is 1. The largest absolute Gasteiger partial charge is 0.387 e. The topological polar surface area (TPSA) is 86.6 Å². The van der Waals surface area contributed by atoms with E-state index in [4.69, 9.17) is 16.2 Å². The molecule has 0 radical (unpaired) electrons. The Bertz CT molecular complexity index is 462. The van der Waals surface area contributed by atoms with E-state index >= 15 is 0 Å². The fourth-order valence-corrected chi connectivity index (χ4v) is 2.13. The molecule has 0 aliphatic rings. The highest BCUT2D eigenvalue weighted by molar-refractivity contribution is 7.83. The first-order chi connectivity index (χ1) is 7.31. The Morgan fingerprint density at radius 2 is 1.94 bits per heavy atom. The third-order valence-electron chi connectivity index (χ3n) is 2.03. The van der Waals surface area contributed by atoms with Crippen LogP contribution in [0.2, 0.25) is 5.02 Å². The highest BCUT2D eigenvalue weighted by Crippen LogP contribution is 2.24. The molecule has 0 aromatic heterocycles. The molecule has 0 aliphatic heterocycles. The molecular weight excluding hydrogens is 254 g/mol. The zero-order valence-electron chi connectivity index (χ0n) is 8.46. The average Bonchev–Trinajstić information content (AvgIpc) is 2.15. The van der Waals surface area contributed by atoms with Crippen molar-refractivity contribution in [3.8, 4) is 0 Å². The highest BCUT2D eigenvalue weighted by Gasteiger charge is 2.21. The molecule has 90 valence electrons. The van der Waals surface area contributed by atoms with Crippen LogP contribution in [0, 0.1) is 0 Å². The third-order valence-corrected chi connectivity index (χ3v) is 3.05. The van der Waals surface area contributed by atoms with E-state index in [0.29, 0.717) is 10.6 Å². The molecule has 3 N–H and O–H groups in total. The van der Waals surface area contributed by atoms with E-state index in [2.05, 4.69) is 0 Å². The number of nitrogens with one attached hydrogen (secondary N) is 1. The minimum absolute atomic E-state index is 0.332. The minimum atomic E-state index is -4.34. The summed E-state index contributed by atoms with van der Waals surface area (Å²) in [7, 11) is -4.34. The molecule has 0 amide bonds. The van der Waals surface area contributed by atoms with Crippen LogP contribution in [-0.2, 0) is 10.3 Å². The fraction of sp³-hybridized carbons (Fsp3) is 0.333. The number of halogens is 1. The molecule has 1 aromatic rings. The predicted molar refractivity (Wildman–Crippen MR) is 60.6 cm³/mol. The van der Waals surface area contributed by atoms with Crippen LogP contribution in [0.3, 0.4) is 0 Å². The molecule has 0 saturated heterocycles. The van der Waals surface area contributed by atoms with Gasteiger partial charge in [0.15, 0.2) is 0 Å². The van der Waals surface area contributed by atoms with Crippen LogP contribution in [0.5, 0.6) is 0 Å². The van der Waals surface area contributed by atoms with Crippen LogP contribution in [0.25, 0.3) is 0 Å². The van der Waals surface area contributed by atoms with Gasteiger partial charge in [-0.15, -0.1) is 0 Å². The molecule has 0 unspecified atom stereocenters. The Balaban J connectivity index is 2.86. The van der Waals surface area contributed by atoms with Crippen LogP contribution in [0.4, 0.5) is 0 Å². The second-order valence-electron chi connectivity index (χ2n) is 3.35. The van der Waals surface area contributed by atoms with Gasteiger partial charge in [-0.3, -0.25) is 4.55 Å². The Hall–Kier alpha value is -0.660. The molecule has 7 heteroatoms. The van der Waals surface area contributed by atoms with Crippen molar-refractivity contribution in [2.45, 2.75) is 19.1 Å². The lowest BCUT2D eigenvalue weighted by Gasteiger charge is -2.19. The number of rotatable bonds is 4. The fourth-order valence-electron chi connectivity index (χ4n) is 1.28. The van der Waals surface area contributed by atoms with Gasteiger partial charge in [0.05, 0.1) is 12.1 Å². The summed E-state index contributed by atoms with van der Waals surface area (Å²) in [5.41, 5.74) is 0.396. The van der Waals surface area contributed by atoms with E-state index in [1.165, 1.54) is 6.92 Å². The van der Waals surface area contributed by atoms with E-state index in [9.17, 15) is 13.5 Å². The van der Waals surface area contributed by atoms with Crippen LogP contribution < -0.4 is 4.72 Å². The van der Waals surface area contributed by atoms with Gasteiger partial charge in [0, 0.05) is 10.6 Å². The van der Waals surface area contributed by atoms with Crippen LogP contribution >= 0.6 is 11.6 Å². The third kappa shape index (κ3) is 3.73. The van der Waals surface area contributed by atoms with Crippen LogP contribution in [-0.4, -0.2) is 24.1 Å². The number of hydrogen-bond donors (Lipinski definition) is 3. The van der Waals surface area contributed by atoms with Gasteiger partial charge in [0.1, 0.15) is 0 Å². The molecule has 16 heavy (non-hydrogen) atoms. The van der Waals surface area contributed by atoms with E-state index in [0.717, 1.165) is 0 Å². The number of benzene rings is 1. The zero-order valence-corrected chi connectivity index (χ0v) is 10.0. The van der Waals surface area contributed by atoms with Crippen LogP contribution in [0.1, 0.15) is 18.6 Å². The monoisotopic (exact) mass is 265 g/mol. The second-order valence-corrected chi connectivity index (χ2v) is 4.94. The Morgan fingerprint density at radius 1 is 1.38 bits per heavy atom. The van der Waals surface area contributed by atoms with Crippen molar-refractivity contribution in [3.05, 3.63) is 34.9 Å². The van der Waals surface area contributed by atoms with Crippen molar-refractivity contribution in [1.82, 2.24) is 4.72 Å². The number of aliphatic hydroxyl groups excluding tert-OH is 1. The van der Waals surface area contributed by atoms with Crippen molar-refractivity contribution in [1.29, 1.82) is 0 Å². The smallest absolute Gasteiger partial charge is 0.333 e. The lowest BCUT2D eigenvalue weighted by Crippen LogP contribution is -2.36. The van der Waals surface area contributed by atoms with Crippen molar-refractivity contribution in [2.24, 2.45) is 0 Å². The quantitative estimate of drug-likeness (QED) is 0.713. The molecule has 0 aliphatic carbocycles. The molecular formula is C9H12ClNO4S. The first kappa shape index (κ1) is 13.4. The maximum Gasteiger partial charge on any atom is 0.333 e. The molecule has 2 atom stereocenters. The summed E-state index contributed by atoms with van der Waals surface area (Å²) in [6.07, 6.45) is -1.13. The standard InChI is InChI=1S/C9H12ClNO4S/c1-6(11-16(13,14)15)9(12)7-4-2-3-5-8(7)10/h2-6,9,11-12H,1H3,(H,13,14,15)/t6-,9+/m0/s1. The molecule has 1 aromatic carbocycles. The molecule has 0 spiro atoms. The molecule has 0 heterocycles. The summed E-state index contributed by atoms with van der Waals surface area (Å²) in [5.74, 6) is 0. The maximum atomic E-state index is 10.6. The Morgan fingerprint density at radius 3 is 2.44 bits per heavy atom. The van der Waals surface area contributed by atoms with E-state index in [-0.39, 0.29) is 0 Å². The van der Waals surface area contributed by atoms with Gasteiger partial charge < -0.3 is 5.11 Å². The second kappa shape index (κ2) is 5.11. The SMILES string of the molecule is C[C@H](NS(=O)(=O)O)[C@@H](O)c1ccccc1Cl. The van der Waals surface area contributed by atoms with Gasteiger partial charge >= 0.3 is 10.3 Å². The van der Waals surface area contributed by atoms with Gasteiger partial charge in [-0.1, -0.05) is 29.8 Å². The van der Waals surface area contributed by atoms with Gasteiger partial charge in [-0.25, -0.2) is 0 Å². The molecule has 0 bridgehead atoms. The summed E-state index contributed by atoms with van der Waals surface area (Å²) in [4.78, 5) is 0. The van der Waals surface area contributed by atoms with Gasteiger partial charge in [-0.2, -0.15) is 13.1 Å². The average molecular weight is 266 g/mol. The molecule has 0 fully saturated rings. The first-order valence-electron chi connectivity index (χ1n) is 4.48. The summed E-state index contributed by atoms with van der Waals surface area (Å²) in [5, 5.41) is 10.1. The predicted octanol–water partition coefficient (Wildman–Crippen LogP) is 1.15. The van der Waals surface area contributed by atoms with Crippen molar-refractivity contribution >= 4 is 21.9 Å². The van der Waals surface area contributed by atoms with Gasteiger partial charge in [0.2, 0.25) is 0 Å². The summed E-state index contributed by atoms with van der Waals surface area (Å²) < 4.78 is 31.6. The van der Waals surface area contributed by atoms with Crippen molar-refractivity contribution in [3.63, 3.8) is 0 Å². The molecule has 0 saturated carbocycles. The summed E-state index contributed by atoms with van der Waals surface area (Å²) in [6.45, 7) is 1.42. The number of hydrogen-bond acceptors (Lipinski definition) is 3. The minimum Gasteiger partial charge on any atom is -0.387 e.